The van der Waals surface area contributed by atoms with Gasteiger partial charge in [-0.25, -0.2) is 0 Å². The molecule has 0 aliphatic rings. The van der Waals surface area contributed by atoms with Crippen molar-refractivity contribution in [3.05, 3.63) is 39.4 Å². The SMILES string of the molecule is CCC(O)CCNC(=O)c1c(C)cccc1[N+](=O)[O-]. The number of nitrogens with one attached hydrogen (secondary N) is 1. The zero-order valence-corrected chi connectivity index (χ0v) is 11.0. The number of amides is 1. The molecule has 0 aliphatic heterocycles. The highest BCUT2D eigenvalue weighted by molar-refractivity contribution is 5.99. The van der Waals surface area contributed by atoms with E-state index in [1.165, 1.54) is 6.07 Å². The average molecular weight is 266 g/mol. The molecule has 0 saturated heterocycles. The number of aliphatic hydroxyl groups is 1. The minimum absolute atomic E-state index is 0.0819. The van der Waals surface area contributed by atoms with Crippen LogP contribution in [0.25, 0.3) is 0 Å². The van der Waals surface area contributed by atoms with Gasteiger partial charge in [0.05, 0.1) is 11.0 Å². The molecule has 1 aromatic rings. The van der Waals surface area contributed by atoms with Gasteiger partial charge in [0.25, 0.3) is 11.6 Å². The van der Waals surface area contributed by atoms with Gasteiger partial charge in [0, 0.05) is 12.6 Å². The predicted molar refractivity (Wildman–Crippen MR) is 71.1 cm³/mol. The lowest BCUT2D eigenvalue weighted by Gasteiger charge is -2.10. The van der Waals surface area contributed by atoms with Crippen LogP contribution in [0.5, 0.6) is 0 Å². The highest BCUT2D eigenvalue weighted by Crippen LogP contribution is 2.21. The molecule has 1 unspecified atom stereocenters. The lowest BCUT2D eigenvalue weighted by molar-refractivity contribution is -0.385. The summed E-state index contributed by atoms with van der Waals surface area (Å²) < 4.78 is 0. The van der Waals surface area contributed by atoms with Crippen LogP contribution in [0.4, 0.5) is 5.69 Å². The fourth-order valence-electron chi connectivity index (χ4n) is 1.74. The molecule has 104 valence electrons. The van der Waals surface area contributed by atoms with Crippen molar-refractivity contribution < 1.29 is 14.8 Å². The molecule has 0 saturated carbocycles. The van der Waals surface area contributed by atoms with Crippen molar-refractivity contribution in [2.75, 3.05) is 6.54 Å². The Bertz CT molecular complexity index is 474. The Morgan fingerprint density at radius 2 is 2.21 bits per heavy atom. The first kappa shape index (κ1) is 15.1. The van der Waals surface area contributed by atoms with Crippen LogP contribution in [-0.2, 0) is 0 Å². The van der Waals surface area contributed by atoms with Crippen molar-refractivity contribution in [1.82, 2.24) is 5.32 Å². The Morgan fingerprint density at radius 1 is 1.53 bits per heavy atom. The van der Waals surface area contributed by atoms with E-state index in [9.17, 15) is 20.0 Å². The molecule has 0 fully saturated rings. The maximum Gasteiger partial charge on any atom is 0.282 e. The molecule has 2 N–H and O–H groups in total. The quantitative estimate of drug-likeness (QED) is 0.606. The number of nitrogens with zero attached hydrogens (tertiary/aromatic N) is 1. The van der Waals surface area contributed by atoms with E-state index in [0.29, 0.717) is 24.9 Å². The Balaban J connectivity index is 2.79. The summed E-state index contributed by atoms with van der Waals surface area (Å²) in [4.78, 5) is 22.3. The van der Waals surface area contributed by atoms with Gasteiger partial charge in [-0.15, -0.1) is 0 Å². The van der Waals surface area contributed by atoms with Gasteiger partial charge in [-0.05, 0) is 25.3 Å². The number of nitro groups is 1. The van der Waals surface area contributed by atoms with Gasteiger partial charge in [-0.2, -0.15) is 0 Å². The molecule has 6 heteroatoms. The second-order valence-corrected chi connectivity index (χ2v) is 4.33. The second kappa shape index (κ2) is 6.84. The normalized spacial score (nSPS) is 11.9. The summed E-state index contributed by atoms with van der Waals surface area (Å²) in [5.41, 5.74) is 0.440. The lowest BCUT2D eigenvalue weighted by atomic mass is 10.1. The number of benzene rings is 1. The third-order valence-electron chi connectivity index (χ3n) is 2.91. The van der Waals surface area contributed by atoms with Crippen molar-refractivity contribution in [1.29, 1.82) is 0 Å². The van der Waals surface area contributed by atoms with Crippen LogP contribution < -0.4 is 5.32 Å². The summed E-state index contributed by atoms with van der Waals surface area (Å²) in [6, 6.07) is 4.51. The number of rotatable bonds is 6. The van der Waals surface area contributed by atoms with Crippen LogP contribution in [0.1, 0.15) is 35.7 Å². The minimum Gasteiger partial charge on any atom is -0.393 e. The molecule has 1 atom stereocenters. The van der Waals surface area contributed by atoms with Crippen molar-refractivity contribution in [2.24, 2.45) is 0 Å². The fourth-order valence-corrected chi connectivity index (χ4v) is 1.74. The first-order chi connectivity index (χ1) is 8.97. The zero-order valence-electron chi connectivity index (χ0n) is 11.0. The van der Waals surface area contributed by atoms with E-state index in [2.05, 4.69) is 5.32 Å². The monoisotopic (exact) mass is 266 g/mol. The smallest absolute Gasteiger partial charge is 0.282 e. The summed E-state index contributed by atoms with van der Waals surface area (Å²) in [7, 11) is 0. The van der Waals surface area contributed by atoms with Crippen molar-refractivity contribution in [3.8, 4) is 0 Å². The van der Waals surface area contributed by atoms with E-state index in [1.54, 1.807) is 19.1 Å². The molecule has 0 heterocycles. The summed E-state index contributed by atoms with van der Waals surface area (Å²) in [6.07, 6.45) is 0.578. The van der Waals surface area contributed by atoms with E-state index >= 15 is 0 Å². The van der Waals surface area contributed by atoms with Crippen LogP contribution in [-0.4, -0.2) is 28.6 Å². The molecule has 1 amide bonds. The summed E-state index contributed by atoms with van der Waals surface area (Å²) in [5, 5.41) is 22.9. The number of carbonyl (C=O) groups excluding carboxylic acids is 1. The molecule has 1 rings (SSSR count). The standard InChI is InChI=1S/C13H18N2O4/c1-3-10(16)7-8-14-13(17)12-9(2)5-4-6-11(12)15(18)19/h4-6,10,16H,3,7-8H2,1-2H3,(H,14,17). The number of hydrogen-bond acceptors (Lipinski definition) is 4. The van der Waals surface area contributed by atoms with Crippen molar-refractivity contribution in [3.63, 3.8) is 0 Å². The van der Waals surface area contributed by atoms with Crippen LogP contribution in [0.15, 0.2) is 18.2 Å². The summed E-state index contributed by atoms with van der Waals surface area (Å²) >= 11 is 0. The minimum atomic E-state index is -0.567. The topological polar surface area (TPSA) is 92.5 Å². The van der Waals surface area contributed by atoms with Crippen LogP contribution in [0.3, 0.4) is 0 Å². The molecular formula is C13H18N2O4. The van der Waals surface area contributed by atoms with Crippen LogP contribution >= 0.6 is 0 Å². The third kappa shape index (κ3) is 4.03. The fraction of sp³-hybridized carbons (Fsp3) is 0.462. The highest BCUT2D eigenvalue weighted by atomic mass is 16.6. The molecule has 0 aliphatic carbocycles. The molecular weight excluding hydrogens is 248 g/mol. The van der Waals surface area contributed by atoms with Gasteiger partial charge in [0.2, 0.25) is 0 Å². The number of carbonyl (C=O) groups is 1. The van der Waals surface area contributed by atoms with E-state index in [4.69, 9.17) is 0 Å². The number of aryl methyl sites for hydroxylation is 1. The third-order valence-corrected chi connectivity index (χ3v) is 2.91. The Hall–Kier alpha value is -1.95. The molecule has 0 spiro atoms. The maximum absolute atomic E-state index is 12.0. The number of hydrogen-bond donors (Lipinski definition) is 2. The highest BCUT2D eigenvalue weighted by Gasteiger charge is 2.21. The lowest BCUT2D eigenvalue weighted by Crippen LogP contribution is -2.28. The van der Waals surface area contributed by atoms with Crippen LogP contribution in [0.2, 0.25) is 0 Å². The molecule has 6 nitrogen and oxygen atoms in total. The molecule has 19 heavy (non-hydrogen) atoms. The van der Waals surface area contributed by atoms with Gasteiger partial charge in [0.1, 0.15) is 5.56 Å². The Kier molecular flexibility index (Phi) is 5.44. The van der Waals surface area contributed by atoms with Gasteiger partial charge in [-0.1, -0.05) is 19.1 Å². The number of aliphatic hydroxyl groups excluding tert-OH is 1. The Labute approximate surface area is 111 Å². The van der Waals surface area contributed by atoms with E-state index in [0.717, 1.165) is 0 Å². The van der Waals surface area contributed by atoms with E-state index in [1.807, 2.05) is 6.92 Å². The first-order valence-corrected chi connectivity index (χ1v) is 6.17. The Morgan fingerprint density at radius 3 is 2.79 bits per heavy atom. The second-order valence-electron chi connectivity index (χ2n) is 4.33. The van der Waals surface area contributed by atoms with Gasteiger partial charge in [0.15, 0.2) is 0 Å². The maximum atomic E-state index is 12.0. The van der Waals surface area contributed by atoms with Crippen molar-refractivity contribution in [2.45, 2.75) is 32.8 Å². The molecule has 0 radical (unpaired) electrons. The van der Waals surface area contributed by atoms with Gasteiger partial charge in [-0.3, -0.25) is 14.9 Å². The van der Waals surface area contributed by atoms with Crippen molar-refractivity contribution >= 4 is 11.6 Å². The molecule has 1 aromatic carbocycles. The predicted octanol–water partition coefficient (Wildman–Crippen LogP) is 1.79. The number of nitro benzene ring substituents is 1. The van der Waals surface area contributed by atoms with E-state index < -0.39 is 16.9 Å². The summed E-state index contributed by atoms with van der Waals surface area (Å²) in [5.74, 6) is -0.479. The molecule has 0 bridgehead atoms. The van der Waals surface area contributed by atoms with Gasteiger partial charge < -0.3 is 10.4 Å². The average Bonchev–Trinajstić information content (AvgIpc) is 2.37. The zero-order chi connectivity index (χ0) is 14.4. The largest absolute Gasteiger partial charge is 0.393 e. The van der Waals surface area contributed by atoms with Gasteiger partial charge >= 0.3 is 0 Å². The van der Waals surface area contributed by atoms with E-state index in [-0.39, 0.29) is 11.3 Å². The molecule has 0 aromatic heterocycles. The first-order valence-electron chi connectivity index (χ1n) is 6.17. The summed E-state index contributed by atoms with van der Waals surface area (Å²) in [6.45, 7) is 3.79. The van der Waals surface area contributed by atoms with Crippen LogP contribution in [0, 0.1) is 17.0 Å².